The highest BCUT2D eigenvalue weighted by atomic mass is 16.5. The van der Waals surface area contributed by atoms with E-state index in [-0.39, 0.29) is 5.41 Å². The van der Waals surface area contributed by atoms with Gasteiger partial charge < -0.3 is 9.47 Å². The van der Waals surface area contributed by atoms with Crippen molar-refractivity contribution < 1.29 is 9.47 Å². The van der Waals surface area contributed by atoms with Gasteiger partial charge in [-0.1, -0.05) is 6.07 Å². The molecule has 6 nitrogen and oxygen atoms in total. The lowest BCUT2D eigenvalue weighted by atomic mass is 9.78. The first kappa shape index (κ1) is 16.3. The van der Waals surface area contributed by atoms with E-state index in [0.29, 0.717) is 37.2 Å². The molecule has 24 heavy (non-hydrogen) atoms. The number of pyridine rings is 1. The Morgan fingerprint density at radius 1 is 1.17 bits per heavy atom. The molecular formula is C18H20N4O2. The number of nitriles is 1. The Morgan fingerprint density at radius 2 is 1.96 bits per heavy atom. The van der Waals surface area contributed by atoms with Crippen LogP contribution in [0.5, 0.6) is 5.88 Å². The first-order valence-corrected chi connectivity index (χ1v) is 8.18. The van der Waals surface area contributed by atoms with Crippen molar-refractivity contribution in [3.05, 3.63) is 36.7 Å². The van der Waals surface area contributed by atoms with Gasteiger partial charge in [-0.2, -0.15) is 5.26 Å². The molecule has 0 N–H and O–H groups in total. The van der Waals surface area contributed by atoms with Gasteiger partial charge in [-0.3, -0.25) is 0 Å². The standard InChI is InChI=1S/C18H20N4O2/c19-14-18(7-12-23-13-8-18)6-2-11-24-16-5-1-4-15(22-16)17-20-9-3-10-21-17/h1,3-5,9-10H,2,6-8,11-13H2. The lowest BCUT2D eigenvalue weighted by Gasteiger charge is -2.30. The maximum absolute atomic E-state index is 9.45. The van der Waals surface area contributed by atoms with Crippen LogP contribution in [0.3, 0.4) is 0 Å². The summed E-state index contributed by atoms with van der Waals surface area (Å²) in [5, 5.41) is 9.45. The van der Waals surface area contributed by atoms with Crippen LogP contribution < -0.4 is 4.74 Å². The summed E-state index contributed by atoms with van der Waals surface area (Å²) in [5.41, 5.74) is 0.431. The van der Waals surface area contributed by atoms with E-state index in [0.717, 1.165) is 25.7 Å². The van der Waals surface area contributed by atoms with Gasteiger partial charge in [-0.15, -0.1) is 0 Å². The van der Waals surface area contributed by atoms with Crippen molar-refractivity contribution in [2.45, 2.75) is 25.7 Å². The van der Waals surface area contributed by atoms with E-state index < -0.39 is 0 Å². The van der Waals surface area contributed by atoms with Gasteiger partial charge in [-0.05, 0) is 37.8 Å². The van der Waals surface area contributed by atoms with Crippen LogP contribution in [0, 0.1) is 16.7 Å². The van der Waals surface area contributed by atoms with Crippen molar-refractivity contribution in [3.63, 3.8) is 0 Å². The molecule has 6 heteroatoms. The van der Waals surface area contributed by atoms with Gasteiger partial charge in [-0.25, -0.2) is 15.0 Å². The van der Waals surface area contributed by atoms with Gasteiger partial charge in [0.2, 0.25) is 5.88 Å². The Kier molecular flexibility index (Phi) is 5.34. The van der Waals surface area contributed by atoms with Crippen molar-refractivity contribution in [1.29, 1.82) is 5.26 Å². The summed E-state index contributed by atoms with van der Waals surface area (Å²) in [6, 6.07) is 9.80. The smallest absolute Gasteiger partial charge is 0.213 e. The fourth-order valence-electron chi connectivity index (χ4n) is 2.82. The zero-order chi connectivity index (χ0) is 16.7. The van der Waals surface area contributed by atoms with E-state index in [2.05, 4.69) is 21.0 Å². The Bertz CT molecular complexity index is 694. The van der Waals surface area contributed by atoms with E-state index in [1.807, 2.05) is 18.2 Å². The minimum Gasteiger partial charge on any atom is -0.478 e. The lowest BCUT2D eigenvalue weighted by molar-refractivity contribution is 0.0345. The summed E-state index contributed by atoms with van der Waals surface area (Å²) in [6.45, 7) is 1.89. The predicted octanol–water partition coefficient (Wildman–Crippen LogP) is 3.02. The Hall–Kier alpha value is -2.52. The number of hydrogen-bond donors (Lipinski definition) is 0. The van der Waals surface area contributed by atoms with Crippen molar-refractivity contribution >= 4 is 0 Å². The molecule has 0 aromatic carbocycles. The summed E-state index contributed by atoms with van der Waals surface area (Å²) in [6.07, 6.45) is 6.64. The van der Waals surface area contributed by atoms with Crippen LogP contribution in [0.2, 0.25) is 0 Å². The van der Waals surface area contributed by atoms with E-state index in [9.17, 15) is 5.26 Å². The van der Waals surface area contributed by atoms with Crippen molar-refractivity contribution in [1.82, 2.24) is 15.0 Å². The highest BCUT2D eigenvalue weighted by molar-refractivity contribution is 5.49. The molecule has 1 saturated heterocycles. The second-order valence-electron chi connectivity index (χ2n) is 5.89. The molecule has 1 aliphatic rings. The molecule has 1 fully saturated rings. The second-order valence-corrected chi connectivity index (χ2v) is 5.89. The Labute approximate surface area is 141 Å². The first-order chi connectivity index (χ1) is 11.8. The number of rotatable bonds is 6. The predicted molar refractivity (Wildman–Crippen MR) is 88.1 cm³/mol. The van der Waals surface area contributed by atoms with Gasteiger partial charge >= 0.3 is 0 Å². The van der Waals surface area contributed by atoms with E-state index >= 15 is 0 Å². The second kappa shape index (κ2) is 7.84. The van der Waals surface area contributed by atoms with Crippen LogP contribution in [-0.4, -0.2) is 34.8 Å². The molecule has 0 spiro atoms. The maximum Gasteiger partial charge on any atom is 0.213 e. The number of ether oxygens (including phenoxy) is 2. The minimum absolute atomic E-state index is 0.255. The zero-order valence-electron chi connectivity index (χ0n) is 13.5. The third-order valence-corrected chi connectivity index (χ3v) is 4.26. The van der Waals surface area contributed by atoms with Crippen LogP contribution in [-0.2, 0) is 4.74 Å². The van der Waals surface area contributed by atoms with E-state index in [1.54, 1.807) is 18.5 Å². The van der Waals surface area contributed by atoms with Crippen molar-refractivity contribution in [3.8, 4) is 23.5 Å². The van der Waals surface area contributed by atoms with Crippen LogP contribution >= 0.6 is 0 Å². The molecule has 0 amide bonds. The molecule has 0 unspecified atom stereocenters. The van der Waals surface area contributed by atoms with Gasteiger partial charge in [0.1, 0.15) is 5.69 Å². The van der Waals surface area contributed by atoms with Crippen LogP contribution in [0.1, 0.15) is 25.7 Å². The van der Waals surface area contributed by atoms with Crippen LogP contribution in [0.15, 0.2) is 36.7 Å². The number of hydrogen-bond acceptors (Lipinski definition) is 6. The highest BCUT2D eigenvalue weighted by Crippen LogP contribution is 2.34. The topological polar surface area (TPSA) is 80.9 Å². The van der Waals surface area contributed by atoms with Crippen molar-refractivity contribution in [2.75, 3.05) is 19.8 Å². The molecule has 0 aliphatic carbocycles. The maximum atomic E-state index is 9.45. The molecule has 1 aliphatic heterocycles. The average molecular weight is 324 g/mol. The summed E-state index contributed by atoms with van der Waals surface area (Å²) >= 11 is 0. The molecule has 0 atom stereocenters. The molecule has 0 radical (unpaired) electrons. The molecule has 2 aromatic heterocycles. The number of nitrogens with zero attached hydrogens (tertiary/aromatic N) is 4. The summed E-state index contributed by atoms with van der Waals surface area (Å²) in [5.74, 6) is 1.13. The largest absolute Gasteiger partial charge is 0.478 e. The van der Waals surface area contributed by atoms with Gasteiger partial charge in [0.25, 0.3) is 0 Å². The third kappa shape index (κ3) is 4.06. The zero-order valence-corrected chi connectivity index (χ0v) is 13.5. The van der Waals surface area contributed by atoms with E-state index in [4.69, 9.17) is 9.47 Å². The Morgan fingerprint density at radius 3 is 2.71 bits per heavy atom. The first-order valence-electron chi connectivity index (χ1n) is 8.18. The summed E-state index contributed by atoms with van der Waals surface area (Å²) < 4.78 is 11.1. The quantitative estimate of drug-likeness (QED) is 0.760. The minimum atomic E-state index is -0.255. The average Bonchev–Trinajstić information content (AvgIpc) is 2.67. The fraction of sp³-hybridized carbons (Fsp3) is 0.444. The molecule has 3 heterocycles. The molecule has 0 bridgehead atoms. The van der Waals surface area contributed by atoms with Gasteiger partial charge in [0, 0.05) is 31.7 Å². The fourth-order valence-corrected chi connectivity index (χ4v) is 2.82. The summed E-state index contributed by atoms with van der Waals surface area (Å²) in [7, 11) is 0. The monoisotopic (exact) mass is 324 g/mol. The molecule has 0 saturated carbocycles. The molecule has 3 rings (SSSR count). The van der Waals surface area contributed by atoms with Crippen LogP contribution in [0.25, 0.3) is 11.5 Å². The van der Waals surface area contributed by atoms with E-state index in [1.165, 1.54) is 0 Å². The normalized spacial score (nSPS) is 16.3. The SMILES string of the molecule is N#CC1(CCCOc2cccc(-c3ncccn3)n2)CCOCC1. The highest BCUT2D eigenvalue weighted by Gasteiger charge is 2.31. The third-order valence-electron chi connectivity index (χ3n) is 4.26. The molecule has 124 valence electrons. The summed E-state index contributed by atoms with van der Waals surface area (Å²) in [4.78, 5) is 12.8. The van der Waals surface area contributed by atoms with Crippen molar-refractivity contribution in [2.24, 2.45) is 5.41 Å². The van der Waals surface area contributed by atoms with Gasteiger partial charge in [0.05, 0.1) is 18.1 Å². The molecule has 2 aromatic rings. The van der Waals surface area contributed by atoms with Gasteiger partial charge in [0.15, 0.2) is 5.82 Å². The Balaban J connectivity index is 1.53. The lowest BCUT2D eigenvalue weighted by Crippen LogP contribution is -2.28. The molecular weight excluding hydrogens is 304 g/mol. The number of aromatic nitrogens is 3. The van der Waals surface area contributed by atoms with Crippen LogP contribution in [0.4, 0.5) is 0 Å².